The summed E-state index contributed by atoms with van der Waals surface area (Å²) < 4.78 is 0. The van der Waals surface area contributed by atoms with Crippen molar-refractivity contribution in [3.05, 3.63) is 65.7 Å². The van der Waals surface area contributed by atoms with Gasteiger partial charge in [-0.2, -0.15) is 0 Å². The molecule has 0 radical (unpaired) electrons. The zero-order valence-electron chi connectivity index (χ0n) is 10.7. The van der Waals surface area contributed by atoms with E-state index in [1.54, 1.807) is 30.3 Å². The van der Waals surface area contributed by atoms with Gasteiger partial charge >= 0.3 is 0 Å². The highest BCUT2D eigenvalue weighted by molar-refractivity contribution is 6.05. The molecule has 19 heavy (non-hydrogen) atoms. The number of nitrogens with one attached hydrogen (secondary N) is 1. The first-order valence-corrected chi connectivity index (χ1v) is 5.93. The molecule has 2 aromatic carbocycles. The number of aromatic hydroxyl groups is 1. The van der Waals surface area contributed by atoms with Gasteiger partial charge in [-0.1, -0.05) is 30.9 Å². The van der Waals surface area contributed by atoms with Crippen LogP contribution in [0.3, 0.4) is 0 Å². The summed E-state index contributed by atoms with van der Waals surface area (Å²) in [4.78, 5) is 12.0. The van der Waals surface area contributed by atoms with Crippen LogP contribution in [0.1, 0.15) is 21.5 Å². The van der Waals surface area contributed by atoms with Gasteiger partial charge in [-0.15, -0.1) is 0 Å². The van der Waals surface area contributed by atoms with Gasteiger partial charge in [0.25, 0.3) is 5.91 Å². The molecular formula is C16H15NO2. The van der Waals surface area contributed by atoms with E-state index < -0.39 is 0 Å². The Hall–Kier alpha value is -2.55. The molecule has 2 aromatic rings. The van der Waals surface area contributed by atoms with Crippen molar-refractivity contribution >= 4 is 17.7 Å². The maximum atomic E-state index is 12.0. The van der Waals surface area contributed by atoms with E-state index in [1.807, 2.05) is 25.1 Å². The predicted octanol–water partition coefficient (Wildman–Crippen LogP) is 3.60. The first-order valence-electron chi connectivity index (χ1n) is 5.93. The van der Waals surface area contributed by atoms with Crippen LogP contribution in [0.4, 0.5) is 5.69 Å². The second kappa shape index (κ2) is 5.40. The van der Waals surface area contributed by atoms with Crippen molar-refractivity contribution in [2.24, 2.45) is 0 Å². The molecule has 1 amide bonds. The zero-order valence-corrected chi connectivity index (χ0v) is 10.7. The number of carbonyl (C=O) groups excluding carboxylic acids is 1. The van der Waals surface area contributed by atoms with Gasteiger partial charge in [0.05, 0.1) is 5.69 Å². The number of phenols is 1. The van der Waals surface area contributed by atoms with Crippen molar-refractivity contribution in [2.45, 2.75) is 6.92 Å². The van der Waals surface area contributed by atoms with Gasteiger partial charge in [0.15, 0.2) is 0 Å². The van der Waals surface area contributed by atoms with Crippen LogP contribution in [0.25, 0.3) is 6.08 Å². The van der Waals surface area contributed by atoms with Gasteiger partial charge in [0.2, 0.25) is 0 Å². The maximum Gasteiger partial charge on any atom is 0.255 e. The van der Waals surface area contributed by atoms with Crippen LogP contribution in [0.15, 0.2) is 49.0 Å². The Kier molecular flexibility index (Phi) is 3.66. The Bertz CT molecular complexity index is 615. The van der Waals surface area contributed by atoms with Crippen molar-refractivity contribution in [3.8, 4) is 5.75 Å². The standard InChI is InChI=1S/C16H15NO2/c1-3-12-5-7-13(8-6-12)16(19)17-14-9-4-11(2)10-15(14)18/h3-10,18H,1H2,2H3,(H,17,19). The second-order valence-corrected chi connectivity index (χ2v) is 4.30. The van der Waals surface area contributed by atoms with Gasteiger partial charge in [0.1, 0.15) is 5.75 Å². The monoisotopic (exact) mass is 253 g/mol. The molecule has 0 unspecified atom stereocenters. The fourth-order valence-electron chi connectivity index (χ4n) is 1.71. The summed E-state index contributed by atoms with van der Waals surface area (Å²) in [5.74, 6) is -0.189. The molecule has 3 nitrogen and oxygen atoms in total. The number of aryl methyl sites for hydroxylation is 1. The minimum absolute atomic E-state index is 0.0658. The topological polar surface area (TPSA) is 49.3 Å². The molecule has 0 fully saturated rings. The van der Waals surface area contributed by atoms with Gasteiger partial charge in [-0.3, -0.25) is 4.79 Å². The molecule has 0 aromatic heterocycles. The molecule has 3 heteroatoms. The van der Waals surface area contributed by atoms with Crippen molar-refractivity contribution in [1.82, 2.24) is 0 Å². The summed E-state index contributed by atoms with van der Waals surface area (Å²) in [7, 11) is 0. The number of benzene rings is 2. The van der Waals surface area contributed by atoms with Crippen molar-refractivity contribution in [2.75, 3.05) is 5.32 Å². The van der Waals surface area contributed by atoms with E-state index >= 15 is 0 Å². The van der Waals surface area contributed by atoms with E-state index in [0.29, 0.717) is 11.3 Å². The minimum Gasteiger partial charge on any atom is -0.506 e. The number of carbonyl (C=O) groups is 1. The van der Waals surface area contributed by atoms with E-state index in [2.05, 4.69) is 11.9 Å². The molecular weight excluding hydrogens is 238 g/mol. The molecule has 2 N–H and O–H groups in total. The highest BCUT2D eigenvalue weighted by Gasteiger charge is 2.08. The van der Waals surface area contributed by atoms with E-state index in [1.165, 1.54) is 0 Å². The van der Waals surface area contributed by atoms with Crippen molar-refractivity contribution in [1.29, 1.82) is 0 Å². The third-order valence-electron chi connectivity index (χ3n) is 2.81. The van der Waals surface area contributed by atoms with Gasteiger partial charge in [-0.25, -0.2) is 0 Å². The molecule has 2 rings (SSSR count). The van der Waals surface area contributed by atoms with Crippen LogP contribution in [-0.2, 0) is 0 Å². The Morgan fingerprint density at radius 3 is 2.47 bits per heavy atom. The number of hydrogen-bond acceptors (Lipinski definition) is 2. The molecule has 96 valence electrons. The molecule has 0 saturated carbocycles. The van der Waals surface area contributed by atoms with Crippen molar-refractivity contribution < 1.29 is 9.90 Å². The molecule has 0 saturated heterocycles. The van der Waals surface area contributed by atoms with Crippen molar-refractivity contribution in [3.63, 3.8) is 0 Å². The van der Waals surface area contributed by atoms with Crippen LogP contribution in [0, 0.1) is 6.92 Å². The van der Waals surface area contributed by atoms with Crippen LogP contribution in [0.2, 0.25) is 0 Å². The minimum atomic E-state index is -0.255. The van der Waals surface area contributed by atoms with Crippen LogP contribution < -0.4 is 5.32 Å². The van der Waals surface area contributed by atoms with Gasteiger partial charge < -0.3 is 10.4 Å². The SMILES string of the molecule is C=Cc1ccc(C(=O)Nc2ccc(C)cc2O)cc1. The molecule has 0 bridgehead atoms. The first kappa shape index (κ1) is 12.9. The number of phenolic OH excluding ortho intramolecular Hbond substituents is 1. The van der Waals surface area contributed by atoms with E-state index in [9.17, 15) is 9.90 Å². The summed E-state index contributed by atoms with van der Waals surface area (Å²) in [6, 6.07) is 12.2. The molecule has 0 aliphatic heterocycles. The van der Waals surface area contributed by atoms with Gasteiger partial charge in [-0.05, 0) is 42.3 Å². The second-order valence-electron chi connectivity index (χ2n) is 4.30. The molecule has 0 atom stereocenters. The lowest BCUT2D eigenvalue weighted by Gasteiger charge is -2.08. The summed E-state index contributed by atoms with van der Waals surface area (Å²) in [6.45, 7) is 5.53. The third kappa shape index (κ3) is 3.01. The van der Waals surface area contributed by atoms with Gasteiger partial charge in [0, 0.05) is 5.56 Å². The number of rotatable bonds is 3. The van der Waals surface area contributed by atoms with E-state index in [0.717, 1.165) is 11.1 Å². The normalized spacial score (nSPS) is 9.95. The first-order chi connectivity index (χ1) is 9.10. The quantitative estimate of drug-likeness (QED) is 0.821. The average molecular weight is 253 g/mol. The zero-order chi connectivity index (χ0) is 13.8. The predicted molar refractivity (Wildman–Crippen MR) is 77.3 cm³/mol. The van der Waals surface area contributed by atoms with Crippen LogP contribution in [-0.4, -0.2) is 11.0 Å². The van der Waals surface area contributed by atoms with E-state index in [4.69, 9.17) is 0 Å². The maximum absolute atomic E-state index is 12.0. The highest BCUT2D eigenvalue weighted by atomic mass is 16.3. The smallest absolute Gasteiger partial charge is 0.255 e. The number of amides is 1. The third-order valence-corrected chi connectivity index (χ3v) is 2.81. The summed E-state index contributed by atoms with van der Waals surface area (Å²) in [5, 5.41) is 12.4. The number of hydrogen-bond donors (Lipinski definition) is 2. The molecule has 0 aliphatic rings. The highest BCUT2D eigenvalue weighted by Crippen LogP contribution is 2.24. The Balaban J connectivity index is 2.17. The Morgan fingerprint density at radius 2 is 1.89 bits per heavy atom. The van der Waals surface area contributed by atoms with Crippen LogP contribution in [0.5, 0.6) is 5.75 Å². The number of anilines is 1. The molecule has 0 spiro atoms. The Morgan fingerprint density at radius 1 is 1.21 bits per heavy atom. The fraction of sp³-hybridized carbons (Fsp3) is 0.0625. The lowest BCUT2D eigenvalue weighted by Crippen LogP contribution is -2.11. The lowest BCUT2D eigenvalue weighted by molar-refractivity contribution is 0.102. The summed E-state index contributed by atoms with van der Waals surface area (Å²) in [6.07, 6.45) is 1.72. The molecule has 0 heterocycles. The molecule has 0 aliphatic carbocycles. The summed E-state index contributed by atoms with van der Waals surface area (Å²) in [5.41, 5.74) is 2.83. The largest absolute Gasteiger partial charge is 0.506 e. The average Bonchev–Trinajstić information content (AvgIpc) is 2.42. The summed E-state index contributed by atoms with van der Waals surface area (Å²) >= 11 is 0. The Labute approximate surface area is 112 Å². The van der Waals surface area contributed by atoms with Crippen LogP contribution >= 0.6 is 0 Å². The lowest BCUT2D eigenvalue weighted by atomic mass is 10.1. The fourth-order valence-corrected chi connectivity index (χ4v) is 1.71. The van der Waals surface area contributed by atoms with E-state index in [-0.39, 0.29) is 11.7 Å².